The summed E-state index contributed by atoms with van der Waals surface area (Å²) in [5.74, 6) is 0.667. The lowest BCUT2D eigenvalue weighted by Gasteiger charge is -1.99. The maximum Gasteiger partial charge on any atom is 0.0711 e. The van der Waals surface area contributed by atoms with E-state index in [1.807, 2.05) is 0 Å². The molecule has 1 aliphatic heterocycles. The number of rotatable bonds is 1. The van der Waals surface area contributed by atoms with Gasteiger partial charge in [0.05, 0.1) is 6.10 Å². The Morgan fingerprint density at radius 2 is 2.57 bits per heavy atom. The lowest BCUT2D eigenvalue weighted by atomic mass is 10.3. The third kappa shape index (κ3) is 1.32. The van der Waals surface area contributed by atoms with Crippen LogP contribution in [0.3, 0.4) is 0 Å². The van der Waals surface area contributed by atoms with Gasteiger partial charge in [-0.1, -0.05) is 0 Å². The summed E-state index contributed by atoms with van der Waals surface area (Å²) in [6, 6.07) is 0. The van der Waals surface area contributed by atoms with E-state index in [2.05, 4.69) is 0 Å². The van der Waals surface area contributed by atoms with Crippen LogP contribution in [-0.4, -0.2) is 18.6 Å². The van der Waals surface area contributed by atoms with Gasteiger partial charge in [0, 0.05) is 12.5 Å². The predicted molar refractivity (Wildman–Crippen MR) is 29.7 cm³/mol. The monoisotopic (exact) mass is 120 g/mol. The van der Waals surface area contributed by atoms with E-state index < -0.39 is 0 Å². The Bertz CT molecular complexity index is 50.0. The first kappa shape index (κ1) is 5.39. The molecule has 0 spiro atoms. The van der Waals surface area contributed by atoms with Gasteiger partial charge in [0.25, 0.3) is 0 Å². The summed E-state index contributed by atoms with van der Waals surface area (Å²) in [7, 11) is 0. The van der Waals surface area contributed by atoms with Gasteiger partial charge in [0.1, 0.15) is 0 Å². The summed E-state index contributed by atoms with van der Waals surface area (Å²) in [4.78, 5) is 0. The first-order valence-corrected chi connectivity index (χ1v) is 3.14. The van der Waals surface area contributed by atoms with E-state index in [4.69, 9.17) is 16.3 Å². The molecule has 0 aromatic rings. The summed E-state index contributed by atoms with van der Waals surface area (Å²) in [6.45, 7) is 0.914. The van der Waals surface area contributed by atoms with Crippen LogP contribution in [0.1, 0.15) is 12.8 Å². The zero-order valence-electron chi connectivity index (χ0n) is 4.19. The molecular formula is C5H9ClO. The minimum Gasteiger partial charge on any atom is -0.377 e. The fourth-order valence-electron chi connectivity index (χ4n) is 0.766. The Morgan fingerprint density at radius 3 is 2.86 bits per heavy atom. The van der Waals surface area contributed by atoms with Crippen LogP contribution in [0, 0.1) is 0 Å². The van der Waals surface area contributed by atoms with Gasteiger partial charge in [-0.3, -0.25) is 0 Å². The van der Waals surface area contributed by atoms with Crippen LogP contribution in [0.15, 0.2) is 0 Å². The molecule has 0 amide bonds. The SMILES string of the molecule is ClC[C@H]1CCCO1. The van der Waals surface area contributed by atoms with Gasteiger partial charge in [-0.05, 0) is 12.8 Å². The topological polar surface area (TPSA) is 9.23 Å². The lowest BCUT2D eigenvalue weighted by Crippen LogP contribution is -2.04. The molecule has 0 N–H and O–H groups in total. The molecule has 0 bridgehead atoms. The van der Waals surface area contributed by atoms with E-state index in [-0.39, 0.29) is 0 Å². The molecule has 0 unspecified atom stereocenters. The second-order valence-corrected chi connectivity index (χ2v) is 2.10. The molecule has 2 heteroatoms. The summed E-state index contributed by atoms with van der Waals surface area (Å²) >= 11 is 5.48. The van der Waals surface area contributed by atoms with E-state index in [9.17, 15) is 0 Å². The first-order valence-electron chi connectivity index (χ1n) is 2.61. The predicted octanol–water partition coefficient (Wildman–Crippen LogP) is 1.40. The fourth-order valence-corrected chi connectivity index (χ4v) is 1.01. The van der Waals surface area contributed by atoms with Crippen LogP contribution < -0.4 is 0 Å². The normalized spacial score (nSPS) is 31.3. The van der Waals surface area contributed by atoms with Gasteiger partial charge < -0.3 is 4.74 Å². The quantitative estimate of drug-likeness (QED) is 0.476. The Hall–Kier alpha value is 0.250. The number of hydrogen-bond acceptors (Lipinski definition) is 1. The molecule has 0 aromatic carbocycles. The summed E-state index contributed by atoms with van der Waals surface area (Å²) in [5, 5.41) is 0. The van der Waals surface area contributed by atoms with Crippen molar-refractivity contribution >= 4 is 11.6 Å². The Morgan fingerprint density at radius 1 is 1.71 bits per heavy atom. The standard InChI is InChI=1S/C5H9ClO/c6-4-5-2-1-3-7-5/h5H,1-4H2/t5-/m1/s1. The number of ether oxygens (including phenoxy) is 1. The van der Waals surface area contributed by atoms with Crippen LogP contribution in [0.4, 0.5) is 0 Å². The van der Waals surface area contributed by atoms with Crippen molar-refractivity contribution in [2.45, 2.75) is 18.9 Å². The average Bonchev–Trinajstić information content (AvgIpc) is 2.14. The number of alkyl halides is 1. The Kier molecular flexibility index (Phi) is 1.95. The largest absolute Gasteiger partial charge is 0.377 e. The zero-order valence-corrected chi connectivity index (χ0v) is 4.95. The van der Waals surface area contributed by atoms with Crippen molar-refractivity contribution in [3.63, 3.8) is 0 Å². The molecule has 0 radical (unpaired) electrons. The second kappa shape index (κ2) is 2.53. The molecule has 1 atom stereocenters. The third-order valence-electron chi connectivity index (χ3n) is 1.20. The molecule has 1 rings (SSSR count). The van der Waals surface area contributed by atoms with E-state index in [1.54, 1.807) is 0 Å². The molecule has 1 aliphatic rings. The van der Waals surface area contributed by atoms with Crippen LogP contribution >= 0.6 is 11.6 Å². The minimum absolute atomic E-state index is 0.363. The van der Waals surface area contributed by atoms with Gasteiger partial charge in [-0.15, -0.1) is 11.6 Å². The van der Waals surface area contributed by atoms with E-state index >= 15 is 0 Å². The van der Waals surface area contributed by atoms with Crippen molar-refractivity contribution < 1.29 is 4.74 Å². The first-order chi connectivity index (χ1) is 3.43. The highest BCUT2D eigenvalue weighted by Crippen LogP contribution is 2.12. The molecule has 1 heterocycles. The van der Waals surface area contributed by atoms with Crippen molar-refractivity contribution in [1.82, 2.24) is 0 Å². The Labute approximate surface area is 48.6 Å². The molecule has 0 saturated carbocycles. The van der Waals surface area contributed by atoms with Crippen molar-refractivity contribution in [3.05, 3.63) is 0 Å². The number of hydrogen-bond donors (Lipinski definition) is 0. The van der Waals surface area contributed by atoms with Crippen LogP contribution in [0.2, 0.25) is 0 Å². The minimum atomic E-state index is 0.363. The molecular weight excluding hydrogens is 112 g/mol. The van der Waals surface area contributed by atoms with Crippen LogP contribution in [-0.2, 0) is 4.74 Å². The van der Waals surface area contributed by atoms with Gasteiger partial charge in [-0.2, -0.15) is 0 Å². The number of halogens is 1. The van der Waals surface area contributed by atoms with E-state index in [0.717, 1.165) is 13.0 Å². The van der Waals surface area contributed by atoms with Crippen molar-refractivity contribution in [2.24, 2.45) is 0 Å². The molecule has 0 aromatic heterocycles. The van der Waals surface area contributed by atoms with Crippen molar-refractivity contribution in [2.75, 3.05) is 12.5 Å². The molecule has 1 saturated heterocycles. The van der Waals surface area contributed by atoms with Gasteiger partial charge in [0.2, 0.25) is 0 Å². The van der Waals surface area contributed by atoms with Crippen molar-refractivity contribution in [1.29, 1.82) is 0 Å². The third-order valence-corrected chi connectivity index (χ3v) is 1.54. The van der Waals surface area contributed by atoms with E-state index in [0.29, 0.717) is 12.0 Å². The van der Waals surface area contributed by atoms with Crippen LogP contribution in [0.5, 0.6) is 0 Å². The summed E-state index contributed by atoms with van der Waals surface area (Å²) < 4.78 is 5.17. The molecule has 1 fully saturated rings. The molecule has 1 nitrogen and oxygen atoms in total. The van der Waals surface area contributed by atoms with Gasteiger partial charge >= 0.3 is 0 Å². The summed E-state index contributed by atoms with van der Waals surface area (Å²) in [6.07, 6.45) is 2.71. The van der Waals surface area contributed by atoms with Crippen molar-refractivity contribution in [3.8, 4) is 0 Å². The maximum atomic E-state index is 5.48. The Balaban J connectivity index is 2.14. The fraction of sp³-hybridized carbons (Fsp3) is 1.00. The lowest BCUT2D eigenvalue weighted by molar-refractivity contribution is 0.128. The second-order valence-electron chi connectivity index (χ2n) is 1.79. The highest BCUT2D eigenvalue weighted by atomic mass is 35.5. The summed E-state index contributed by atoms with van der Waals surface area (Å²) in [5.41, 5.74) is 0. The van der Waals surface area contributed by atoms with Crippen LogP contribution in [0.25, 0.3) is 0 Å². The highest BCUT2D eigenvalue weighted by molar-refractivity contribution is 6.18. The zero-order chi connectivity index (χ0) is 5.11. The van der Waals surface area contributed by atoms with Gasteiger partial charge in [-0.25, -0.2) is 0 Å². The average molecular weight is 121 g/mol. The molecule has 7 heavy (non-hydrogen) atoms. The molecule has 0 aliphatic carbocycles. The maximum absolute atomic E-state index is 5.48. The van der Waals surface area contributed by atoms with Gasteiger partial charge in [0.15, 0.2) is 0 Å². The molecule has 42 valence electrons. The highest BCUT2D eigenvalue weighted by Gasteiger charge is 2.12. The van der Waals surface area contributed by atoms with E-state index in [1.165, 1.54) is 6.42 Å². The smallest absolute Gasteiger partial charge is 0.0711 e.